The van der Waals surface area contributed by atoms with Gasteiger partial charge in [-0.2, -0.15) is 0 Å². The van der Waals surface area contributed by atoms with E-state index in [4.69, 9.17) is 5.11 Å². The number of nitrogens with zero attached hydrogens (tertiary/aromatic N) is 1. The first kappa shape index (κ1) is 14.2. The number of hydrogen-bond acceptors (Lipinski definition) is 2. The van der Waals surface area contributed by atoms with Crippen molar-refractivity contribution < 1.29 is 14.7 Å². The normalized spacial score (nSPS) is 11.9. The molecule has 1 N–H and O–H groups in total. The van der Waals surface area contributed by atoms with E-state index in [1.54, 1.807) is 0 Å². The van der Waals surface area contributed by atoms with Crippen LogP contribution in [0.4, 0.5) is 0 Å². The Morgan fingerprint density at radius 1 is 1.22 bits per heavy atom. The first-order chi connectivity index (χ1) is 8.45. The third kappa shape index (κ3) is 3.58. The van der Waals surface area contributed by atoms with Gasteiger partial charge in [-0.25, -0.2) is 4.79 Å². The number of benzene rings is 1. The second-order valence-electron chi connectivity index (χ2n) is 4.37. The van der Waals surface area contributed by atoms with Crippen LogP contribution < -0.4 is 0 Å². The molecular weight excluding hydrogens is 230 g/mol. The number of rotatable bonds is 5. The molecule has 0 spiro atoms. The predicted molar refractivity (Wildman–Crippen MR) is 69.4 cm³/mol. The summed E-state index contributed by atoms with van der Waals surface area (Å²) in [4.78, 5) is 23.9. The van der Waals surface area contributed by atoms with Crippen LogP contribution >= 0.6 is 0 Å². The Labute approximate surface area is 107 Å². The molecule has 0 aliphatic carbocycles. The Balaban J connectivity index is 2.66. The third-order valence-corrected chi connectivity index (χ3v) is 3.12. The summed E-state index contributed by atoms with van der Waals surface area (Å²) in [5, 5.41) is 8.84. The first-order valence-electron chi connectivity index (χ1n) is 6.02. The zero-order valence-electron chi connectivity index (χ0n) is 11.0. The first-order valence-corrected chi connectivity index (χ1v) is 6.02. The number of aryl methyl sites for hydroxylation is 1. The molecule has 4 heteroatoms. The lowest BCUT2D eigenvalue weighted by Crippen LogP contribution is -2.41. The van der Waals surface area contributed by atoms with Crippen LogP contribution in [-0.4, -0.2) is 35.0 Å². The summed E-state index contributed by atoms with van der Waals surface area (Å²) in [5.74, 6) is -1.18. The van der Waals surface area contributed by atoms with Gasteiger partial charge in [-0.1, -0.05) is 31.2 Å². The number of aliphatic carboxylic acids is 1. The predicted octanol–water partition coefficient (Wildman–Crippen LogP) is 1.72. The largest absolute Gasteiger partial charge is 0.480 e. The van der Waals surface area contributed by atoms with E-state index in [9.17, 15) is 9.59 Å². The lowest BCUT2D eigenvalue weighted by atomic mass is 10.1. The van der Waals surface area contributed by atoms with E-state index in [-0.39, 0.29) is 12.3 Å². The van der Waals surface area contributed by atoms with E-state index in [1.807, 2.05) is 24.3 Å². The molecule has 1 atom stereocenters. The molecule has 1 aromatic rings. The smallest absolute Gasteiger partial charge is 0.326 e. The summed E-state index contributed by atoms with van der Waals surface area (Å²) in [7, 11) is 1.52. The van der Waals surface area contributed by atoms with Crippen LogP contribution in [-0.2, 0) is 22.4 Å². The quantitative estimate of drug-likeness (QED) is 0.864. The van der Waals surface area contributed by atoms with E-state index in [2.05, 4.69) is 6.92 Å². The number of hydrogen-bond donors (Lipinski definition) is 1. The van der Waals surface area contributed by atoms with Crippen LogP contribution in [0.3, 0.4) is 0 Å². The van der Waals surface area contributed by atoms with Gasteiger partial charge in [-0.3, -0.25) is 4.79 Å². The number of likely N-dealkylation sites (N-methyl/N-ethyl adjacent to an activating group) is 1. The van der Waals surface area contributed by atoms with E-state index in [1.165, 1.54) is 24.4 Å². The van der Waals surface area contributed by atoms with E-state index >= 15 is 0 Å². The molecule has 4 nitrogen and oxygen atoms in total. The molecule has 0 saturated heterocycles. The number of carbonyl (C=O) groups is 2. The summed E-state index contributed by atoms with van der Waals surface area (Å²) >= 11 is 0. The SMILES string of the molecule is CCc1ccc(CC(=O)N(C)C(C)C(=O)O)cc1. The summed E-state index contributed by atoms with van der Waals surface area (Å²) < 4.78 is 0. The fraction of sp³-hybridized carbons (Fsp3) is 0.429. The van der Waals surface area contributed by atoms with Gasteiger partial charge in [0.25, 0.3) is 0 Å². The third-order valence-electron chi connectivity index (χ3n) is 3.12. The second kappa shape index (κ2) is 6.19. The average molecular weight is 249 g/mol. The Morgan fingerprint density at radius 2 is 1.72 bits per heavy atom. The van der Waals surface area contributed by atoms with Crippen molar-refractivity contribution in [2.45, 2.75) is 32.7 Å². The molecule has 0 heterocycles. The Bertz CT molecular complexity index is 425. The molecule has 0 radical (unpaired) electrons. The van der Waals surface area contributed by atoms with Gasteiger partial charge in [0.2, 0.25) is 5.91 Å². The maximum Gasteiger partial charge on any atom is 0.326 e. The highest BCUT2D eigenvalue weighted by atomic mass is 16.4. The monoisotopic (exact) mass is 249 g/mol. The summed E-state index contributed by atoms with van der Waals surface area (Å²) in [6.07, 6.45) is 1.20. The highest BCUT2D eigenvalue weighted by Crippen LogP contribution is 2.08. The molecule has 0 aliphatic heterocycles. The molecule has 0 bridgehead atoms. The topological polar surface area (TPSA) is 57.6 Å². The van der Waals surface area contributed by atoms with Crippen molar-refractivity contribution in [3.63, 3.8) is 0 Å². The minimum atomic E-state index is -0.993. The maximum atomic E-state index is 11.9. The number of amides is 1. The number of carboxylic acids is 1. The van der Waals surface area contributed by atoms with Crippen LogP contribution in [0.5, 0.6) is 0 Å². The van der Waals surface area contributed by atoms with Gasteiger partial charge >= 0.3 is 5.97 Å². The number of carbonyl (C=O) groups excluding carboxylic acids is 1. The molecule has 0 aromatic heterocycles. The van der Waals surface area contributed by atoms with Gasteiger partial charge < -0.3 is 10.0 Å². The minimum Gasteiger partial charge on any atom is -0.480 e. The van der Waals surface area contributed by atoms with Gasteiger partial charge in [-0.15, -0.1) is 0 Å². The van der Waals surface area contributed by atoms with Crippen LogP contribution in [0, 0.1) is 0 Å². The van der Waals surface area contributed by atoms with Crippen LogP contribution in [0.15, 0.2) is 24.3 Å². The summed E-state index contributed by atoms with van der Waals surface area (Å²) in [5.41, 5.74) is 2.13. The summed E-state index contributed by atoms with van der Waals surface area (Å²) in [6.45, 7) is 3.57. The van der Waals surface area contributed by atoms with Gasteiger partial charge in [0.1, 0.15) is 6.04 Å². The Hall–Kier alpha value is -1.84. The lowest BCUT2D eigenvalue weighted by Gasteiger charge is -2.21. The zero-order valence-corrected chi connectivity index (χ0v) is 11.0. The molecule has 0 fully saturated rings. The fourth-order valence-corrected chi connectivity index (χ4v) is 1.57. The van der Waals surface area contributed by atoms with Crippen LogP contribution in [0.2, 0.25) is 0 Å². The van der Waals surface area contributed by atoms with Crippen LogP contribution in [0.25, 0.3) is 0 Å². The highest BCUT2D eigenvalue weighted by Gasteiger charge is 2.21. The molecular formula is C14H19NO3. The minimum absolute atomic E-state index is 0.186. The highest BCUT2D eigenvalue weighted by molar-refractivity contribution is 5.84. The van der Waals surface area contributed by atoms with Crippen molar-refractivity contribution in [1.82, 2.24) is 4.90 Å². The van der Waals surface area contributed by atoms with E-state index in [0.717, 1.165) is 12.0 Å². The molecule has 0 aliphatic rings. The number of carboxylic acid groups (broad SMARTS) is 1. The molecule has 1 aromatic carbocycles. The fourth-order valence-electron chi connectivity index (χ4n) is 1.57. The van der Waals surface area contributed by atoms with Crippen molar-refractivity contribution in [2.75, 3.05) is 7.05 Å². The Morgan fingerprint density at radius 3 is 2.17 bits per heavy atom. The van der Waals surface area contributed by atoms with E-state index < -0.39 is 12.0 Å². The molecule has 18 heavy (non-hydrogen) atoms. The molecule has 1 amide bonds. The van der Waals surface area contributed by atoms with Crippen molar-refractivity contribution >= 4 is 11.9 Å². The van der Waals surface area contributed by atoms with Crippen molar-refractivity contribution in [2.24, 2.45) is 0 Å². The molecule has 1 rings (SSSR count). The average Bonchev–Trinajstić information content (AvgIpc) is 2.37. The van der Waals surface area contributed by atoms with Crippen molar-refractivity contribution in [3.05, 3.63) is 35.4 Å². The van der Waals surface area contributed by atoms with Gasteiger partial charge in [0.05, 0.1) is 6.42 Å². The summed E-state index contributed by atoms with van der Waals surface area (Å²) in [6, 6.07) is 7.01. The van der Waals surface area contributed by atoms with Crippen molar-refractivity contribution in [3.8, 4) is 0 Å². The Kier molecular flexibility index (Phi) is 4.89. The molecule has 1 unspecified atom stereocenters. The van der Waals surface area contributed by atoms with E-state index in [0.29, 0.717) is 0 Å². The standard InChI is InChI=1S/C14H19NO3/c1-4-11-5-7-12(8-6-11)9-13(16)15(3)10(2)14(17)18/h5-8,10H,4,9H2,1-3H3,(H,17,18). The molecule has 0 saturated carbocycles. The second-order valence-corrected chi connectivity index (χ2v) is 4.37. The van der Waals surface area contributed by atoms with Gasteiger partial charge in [0, 0.05) is 7.05 Å². The van der Waals surface area contributed by atoms with Gasteiger partial charge in [-0.05, 0) is 24.5 Å². The van der Waals surface area contributed by atoms with Gasteiger partial charge in [0.15, 0.2) is 0 Å². The molecule has 98 valence electrons. The van der Waals surface area contributed by atoms with Crippen LogP contribution in [0.1, 0.15) is 25.0 Å². The lowest BCUT2D eigenvalue weighted by molar-refractivity contribution is -0.147. The maximum absolute atomic E-state index is 11.9. The van der Waals surface area contributed by atoms with Crippen molar-refractivity contribution in [1.29, 1.82) is 0 Å². The zero-order chi connectivity index (χ0) is 13.7.